The first-order valence-electron chi connectivity index (χ1n) is 5.04. The van der Waals surface area contributed by atoms with Gasteiger partial charge in [0, 0.05) is 19.2 Å². The van der Waals surface area contributed by atoms with Crippen molar-refractivity contribution in [3.63, 3.8) is 0 Å². The minimum Gasteiger partial charge on any atom is -0.298 e. The van der Waals surface area contributed by atoms with Crippen LogP contribution in [-0.2, 0) is 17.1 Å². The van der Waals surface area contributed by atoms with Crippen LogP contribution >= 0.6 is 0 Å². The maximum atomic E-state index is 11.1. The zero-order valence-corrected chi connectivity index (χ0v) is 10.8. The Bertz CT molecular complexity index is 466. The van der Waals surface area contributed by atoms with Gasteiger partial charge in [-0.25, -0.2) is 13.6 Å². The second kappa shape index (κ2) is 4.52. The molecule has 0 bridgehead atoms. The lowest BCUT2D eigenvalue weighted by Gasteiger charge is -2.22. The van der Waals surface area contributed by atoms with E-state index in [1.165, 1.54) is 6.07 Å². The van der Waals surface area contributed by atoms with Crippen molar-refractivity contribution in [3.8, 4) is 0 Å². The molecule has 0 saturated carbocycles. The number of hydrogen-bond acceptors (Lipinski definition) is 4. The van der Waals surface area contributed by atoms with Crippen molar-refractivity contribution in [2.24, 2.45) is 12.2 Å². The van der Waals surface area contributed by atoms with Gasteiger partial charge in [-0.2, -0.15) is 5.10 Å². The van der Waals surface area contributed by atoms with Crippen molar-refractivity contribution in [3.05, 3.63) is 11.8 Å². The van der Waals surface area contributed by atoms with Gasteiger partial charge in [0.05, 0.1) is 5.69 Å². The van der Waals surface area contributed by atoms with Gasteiger partial charge in [0.2, 0.25) is 0 Å². The van der Waals surface area contributed by atoms with Gasteiger partial charge in [0.1, 0.15) is 0 Å². The molecule has 0 saturated heterocycles. The number of nitrogens with zero attached hydrogens (tertiary/aromatic N) is 3. The summed E-state index contributed by atoms with van der Waals surface area (Å²) in [6.45, 7) is 4.90. The molecule has 0 radical (unpaired) electrons. The van der Waals surface area contributed by atoms with E-state index in [0.29, 0.717) is 0 Å². The molecular weight excluding hydrogens is 228 g/mol. The van der Waals surface area contributed by atoms with Crippen LogP contribution in [0, 0.1) is 0 Å². The smallest absolute Gasteiger partial charge is 0.257 e. The number of primary sulfonamides is 1. The third-order valence-electron chi connectivity index (χ3n) is 2.77. The molecule has 0 amide bonds. The van der Waals surface area contributed by atoms with E-state index in [0.717, 1.165) is 12.2 Å². The minimum atomic E-state index is -3.72. The van der Waals surface area contributed by atoms with E-state index in [-0.39, 0.29) is 11.1 Å². The average Bonchev–Trinajstić information content (AvgIpc) is 2.57. The molecule has 1 aromatic heterocycles. The minimum absolute atomic E-state index is 0.0821. The zero-order chi connectivity index (χ0) is 12.5. The summed E-state index contributed by atoms with van der Waals surface area (Å²) in [5.74, 6) is 0. The molecule has 0 aliphatic carbocycles. The van der Waals surface area contributed by atoms with Gasteiger partial charge in [0.25, 0.3) is 10.0 Å². The van der Waals surface area contributed by atoms with E-state index in [1.54, 1.807) is 11.7 Å². The summed E-state index contributed by atoms with van der Waals surface area (Å²) >= 11 is 0. The number of sulfonamides is 1. The number of hydrogen-bond donors (Lipinski definition) is 1. The Balaban J connectivity index is 3.12. The summed E-state index contributed by atoms with van der Waals surface area (Å²) in [6.07, 6.45) is 0. The molecule has 0 aliphatic rings. The van der Waals surface area contributed by atoms with E-state index in [4.69, 9.17) is 5.14 Å². The molecule has 1 atom stereocenters. The quantitative estimate of drug-likeness (QED) is 0.815. The van der Waals surface area contributed by atoms with E-state index in [2.05, 4.69) is 10.00 Å². The molecule has 1 rings (SSSR count). The first-order chi connectivity index (χ1) is 7.27. The van der Waals surface area contributed by atoms with Crippen LogP contribution in [-0.4, -0.2) is 36.7 Å². The molecule has 1 unspecified atom stereocenters. The predicted molar refractivity (Wildman–Crippen MR) is 61.3 cm³/mol. The molecule has 0 spiro atoms. The largest absolute Gasteiger partial charge is 0.298 e. The van der Waals surface area contributed by atoms with Gasteiger partial charge >= 0.3 is 0 Å². The van der Waals surface area contributed by atoms with Gasteiger partial charge in [-0.05, 0) is 20.5 Å². The lowest BCUT2D eigenvalue weighted by Crippen LogP contribution is -2.23. The Morgan fingerprint density at radius 2 is 2.19 bits per heavy atom. The van der Waals surface area contributed by atoms with Gasteiger partial charge in [-0.15, -0.1) is 0 Å². The van der Waals surface area contributed by atoms with Crippen molar-refractivity contribution in [2.75, 3.05) is 13.6 Å². The lowest BCUT2D eigenvalue weighted by atomic mass is 10.2. The van der Waals surface area contributed by atoms with Crippen LogP contribution < -0.4 is 5.14 Å². The summed E-state index contributed by atoms with van der Waals surface area (Å²) < 4.78 is 23.8. The van der Waals surface area contributed by atoms with Crippen LogP contribution in [0.2, 0.25) is 0 Å². The number of aryl methyl sites for hydroxylation is 1. The maximum Gasteiger partial charge on any atom is 0.257 e. The summed E-state index contributed by atoms with van der Waals surface area (Å²) in [7, 11) is -0.0420. The molecule has 1 heterocycles. The Hall–Kier alpha value is -0.920. The van der Waals surface area contributed by atoms with Crippen LogP contribution in [0.15, 0.2) is 11.1 Å². The van der Waals surface area contributed by atoms with Crippen molar-refractivity contribution in [1.82, 2.24) is 14.7 Å². The number of rotatable bonds is 4. The first kappa shape index (κ1) is 13.1. The fourth-order valence-corrected chi connectivity index (χ4v) is 2.01. The summed E-state index contributed by atoms with van der Waals surface area (Å²) in [5.41, 5.74) is 0.827. The number of nitrogens with two attached hydrogens (primary N) is 1. The van der Waals surface area contributed by atoms with Gasteiger partial charge in [-0.1, -0.05) is 6.92 Å². The Morgan fingerprint density at radius 3 is 2.56 bits per heavy atom. The van der Waals surface area contributed by atoms with Crippen LogP contribution in [0.5, 0.6) is 0 Å². The van der Waals surface area contributed by atoms with Gasteiger partial charge < -0.3 is 0 Å². The highest BCUT2D eigenvalue weighted by atomic mass is 32.2. The Labute approximate surface area is 96.1 Å². The molecule has 7 heteroatoms. The normalized spacial score (nSPS) is 14.4. The highest BCUT2D eigenvalue weighted by Gasteiger charge is 2.20. The fraction of sp³-hybridized carbons (Fsp3) is 0.667. The molecule has 6 nitrogen and oxygen atoms in total. The molecule has 0 fully saturated rings. The maximum absolute atomic E-state index is 11.1. The molecule has 0 aromatic carbocycles. The second-order valence-corrected chi connectivity index (χ2v) is 5.33. The third kappa shape index (κ3) is 2.60. The monoisotopic (exact) mass is 246 g/mol. The van der Waals surface area contributed by atoms with Crippen molar-refractivity contribution in [1.29, 1.82) is 0 Å². The molecule has 0 aliphatic heterocycles. The third-order valence-corrected chi connectivity index (χ3v) is 3.56. The zero-order valence-electron chi connectivity index (χ0n) is 10.0. The topological polar surface area (TPSA) is 81.2 Å². The van der Waals surface area contributed by atoms with Gasteiger partial charge in [-0.3, -0.25) is 9.58 Å². The molecule has 16 heavy (non-hydrogen) atoms. The Kier molecular flexibility index (Phi) is 3.72. The summed E-state index contributed by atoms with van der Waals surface area (Å²) in [4.78, 5) is 2.09. The lowest BCUT2D eigenvalue weighted by molar-refractivity contribution is 0.265. The average molecular weight is 246 g/mol. The van der Waals surface area contributed by atoms with E-state index >= 15 is 0 Å². The van der Waals surface area contributed by atoms with Crippen molar-refractivity contribution in [2.45, 2.75) is 24.9 Å². The summed E-state index contributed by atoms with van der Waals surface area (Å²) in [6, 6.07) is 1.62. The van der Waals surface area contributed by atoms with E-state index < -0.39 is 10.0 Å². The standard InChI is InChI=1S/C9H18N4O2S/c1-5-12(3)7(2)8-6-9(11-13(8)4)16(10,14)15/h6-7H,5H2,1-4H3,(H2,10,14,15). The second-order valence-electron chi connectivity index (χ2n) is 3.83. The predicted octanol–water partition coefficient (Wildman–Crippen LogP) is 0.0802. The SMILES string of the molecule is CCN(C)C(C)c1cc(S(N)(=O)=O)nn1C. The van der Waals surface area contributed by atoms with E-state index in [9.17, 15) is 8.42 Å². The van der Waals surface area contributed by atoms with Crippen LogP contribution in [0.4, 0.5) is 0 Å². The molecular formula is C9H18N4O2S. The highest BCUT2D eigenvalue weighted by molar-refractivity contribution is 7.89. The highest BCUT2D eigenvalue weighted by Crippen LogP contribution is 2.20. The first-order valence-corrected chi connectivity index (χ1v) is 6.59. The number of aromatic nitrogens is 2. The van der Waals surface area contributed by atoms with Crippen molar-refractivity contribution >= 4 is 10.0 Å². The van der Waals surface area contributed by atoms with Crippen LogP contribution in [0.1, 0.15) is 25.6 Å². The van der Waals surface area contributed by atoms with Crippen LogP contribution in [0.25, 0.3) is 0 Å². The fourth-order valence-electron chi connectivity index (χ4n) is 1.48. The van der Waals surface area contributed by atoms with Gasteiger partial charge in [0.15, 0.2) is 5.03 Å². The molecule has 92 valence electrons. The molecule has 1 aromatic rings. The van der Waals surface area contributed by atoms with Crippen LogP contribution in [0.3, 0.4) is 0 Å². The Morgan fingerprint density at radius 1 is 1.62 bits per heavy atom. The van der Waals surface area contributed by atoms with Crippen molar-refractivity contribution < 1.29 is 8.42 Å². The molecule has 2 N–H and O–H groups in total. The van der Waals surface area contributed by atoms with E-state index in [1.807, 2.05) is 20.9 Å². The summed E-state index contributed by atoms with van der Waals surface area (Å²) in [5, 5.41) is 8.85.